The van der Waals surface area contributed by atoms with Crippen LogP contribution in [0.1, 0.15) is 74.7 Å². The molecule has 0 bridgehead atoms. The minimum absolute atomic E-state index is 0.0239. The van der Waals surface area contributed by atoms with Crippen molar-refractivity contribution in [3.05, 3.63) is 75.8 Å². The van der Waals surface area contributed by atoms with Gasteiger partial charge in [-0.05, 0) is 62.9 Å². The number of piperazine rings is 1. The number of fused-ring (bicyclic) bond motifs is 1. The van der Waals surface area contributed by atoms with Crippen LogP contribution in [0.5, 0.6) is 0 Å². The van der Waals surface area contributed by atoms with Gasteiger partial charge in [-0.1, -0.05) is 44.5 Å². The minimum Gasteiger partial charge on any atom is -0.333 e. The van der Waals surface area contributed by atoms with Gasteiger partial charge in [0.25, 0.3) is 11.5 Å². The van der Waals surface area contributed by atoms with Crippen LogP contribution in [0.2, 0.25) is 0 Å². The molecule has 1 saturated heterocycles. The fourth-order valence-electron chi connectivity index (χ4n) is 5.28. The summed E-state index contributed by atoms with van der Waals surface area (Å²) in [6.07, 6.45) is 4.25. The molecule has 35 heavy (non-hydrogen) atoms. The largest absolute Gasteiger partial charge is 0.333 e. The fourth-order valence-corrected chi connectivity index (χ4v) is 5.28. The van der Waals surface area contributed by atoms with Crippen molar-refractivity contribution in [3.8, 4) is 0 Å². The van der Waals surface area contributed by atoms with E-state index in [2.05, 4.69) is 37.8 Å². The summed E-state index contributed by atoms with van der Waals surface area (Å²) in [5, 5.41) is 0.664. The molecular weight excluding hydrogens is 436 g/mol. The Hall–Kier alpha value is -2.99. The van der Waals surface area contributed by atoms with Crippen molar-refractivity contribution in [2.45, 2.75) is 72.0 Å². The highest BCUT2D eigenvalue weighted by molar-refractivity contribution is 5.94. The molecule has 0 spiro atoms. The van der Waals surface area contributed by atoms with Crippen LogP contribution in [0, 0.1) is 0 Å². The summed E-state index contributed by atoms with van der Waals surface area (Å²) >= 11 is 0. The van der Waals surface area contributed by atoms with Crippen molar-refractivity contribution in [1.29, 1.82) is 0 Å². The molecule has 2 unspecified atom stereocenters. The van der Waals surface area contributed by atoms with Gasteiger partial charge in [0.1, 0.15) is 5.82 Å². The van der Waals surface area contributed by atoms with E-state index < -0.39 is 0 Å². The Morgan fingerprint density at radius 2 is 1.80 bits per heavy atom. The van der Waals surface area contributed by atoms with Gasteiger partial charge < -0.3 is 4.90 Å². The zero-order valence-electron chi connectivity index (χ0n) is 21.5. The van der Waals surface area contributed by atoms with Crippen LogP contribution in [-0.2, 0) is 13.0 Å². The molecule has 1 aromatic heterocycles. The van der Waals surface area contributed by atoms with Crippen molar-refractivity contribution >= 4 is 16.8 Å². The van der Waals surface area contributed by atoms with Gasteiger partial charge >= 0.3 is 0 Å². The van der Waals surface area contributed by atoms with Gasteiger partial charge in [-0.15, -0.1) is 0 Å². The summed E-state index contributed by atoms with van der Waals surface area (Å²) in [5.41, 5.74) is 2.82. The number of unbranched alkanes of at least 4 members (excludes halogenated alkanes) is 1. The molecule has 3 aromatic rings. The molecule has 0 N–H and O–H groups in total. The summed E-state index contributed by atoms with van der Waals surface area (Å²) in [4.78, 5) is 35.8. The van der Waals surface area contributed by atoms with Gasteiger partial charge in [-0.2, -0.15) is 0 Å². The van der Waals surface area contributed by atoms with Crippen LogP contribution in [0.15, 0.2) is 53.3 Å². The molecule has 1 fully saturated rings. The minimum atomic E-state index is 0.0239. The third-order valence-electron chi connectivity index (χ3n) is 7.27. The second kappa shape index (κ2) is 11.2. The highest BCUT2D eigenvalue weighted by Crippen LogP contribution is 2.27. The third-order valence-corrected chi connectivity index (χ3v) is 7.27. The van der Waals surface area contributed by atoms with Crippen molar-refractivity contribution in [2.24, 2.45) is 0 Å². The number of nitrogens with zero attached hydrogens (tertiary/aromatic N) is 4. The van der Waals surface area contributed by atoms with Crippen molar-refractivity contribution < 1.29 is 4.79 Å². The number of carbonyl (C=O) groups excluding carboxylic acids is 1. The van der Waals surface area contributed by atoms with Gasteiger partial charge in [0, 0.05) is 37.8 Å². The normalized spacial score (nSPS) is 17.6. The van der Waals surface area contributed by atoms with E-state index in [1.165, 1.54) is 18.4 Å². The first-order valence-electron chi connectivity index (χ1n) is 13.1. The van der Waals surface area contributed by atoms with Crippen molar-refractivity contribution in [3.63, 3.8) is 0 Å². The van der Waals surface area contributed by atoms with Crippen molar-refractivity contribution in [2.75, 3.05) is 19.6 Å². The fraction of sp³-hybridized carbons (Fsp3) is 0.483. The molecule has 4 rings (SSSR count). The number of rotatable bonds is 8. The molecule has 2 atom stereocenters. The number of benzene rings is 2. The number of amides is 1. The molecule has 2 aromatic carbocycles. The number of para-hydroxylation sites is 1. The number of hydrogen-bond donors (Lipinski definition) is 0. The van der Waals surface area contributed by atoms with Crippen molar-refractivity contribution in [1.82, 2.24) is 19.4 Å². The predicted octanol–water partition coefficient (Wildman–Crippen LogP) is 5.06. The van der Waals surface area contributed by atoms with E-state index in [-0.39, 0.29) is 23.6 Å². The smallest absolute Gasteiger partial charge is 0.261 e. The lowest BCUT2D eigenvalue weighted by Crippen LogP contribution is -2.55. The zero-order valence-corrected chi connectivity index (χ0v) is 21.5. The summed E-state index contributed by atoms with van der Waals surface area (Å²) in [7, 11) is 0. The van der Waals surface area contributed by atoms with Gasteiger partial charge in [0.2, 0.25) is 0 Å². The monoisotopic (exact) mass is 474 g/mol. The van der Waals surface area contributed by atoms with Crippen LogP contribution < -0.4 is 5.56 Å². The van der Waals surface area contributed by atoms with E-state index in [0.717, 1.165) is 42.8 Å². The Labute approximate surface area is 208 Å². The van der Waals surface area contributed by atoms with Gasteiger partial charge in [-0.25, -0.2) is 4.98 Å². The molecule has 2 heterocycles. The van der Waals surface area contributed by atoms with Gasteiger partial charge in [0.15, 0.2) is 0 Å². The highest BCUT2D eigenvalue weighted by atomic mass is 16.2. The maximum absolute atomic E-state index is 13.3. The average Bonchev–Trinajstić information content (AvgIpc) is 2.88. The number of hydrogen-bond acceptors (Lipinski definition) is 4. The molecule has 0 saturated carbocycles. The Balaban J connectivity index is 1.52. The second-order valence-electron chi connectivity index (χ2n) is 9.60. The Morgan fingerprint density at radius 3 is 2.46 bits per heavy atom. The Morgan fingerprint density at radius 1 is 1.06 bits per heavy atom. The third kappa shape index (κ3) is 5.18. The van der Waals surface area contributed by atoms with Crippen LogP contribution in [-0.4, -0.2) is 50.9 Å². The number of carbonyl (C=O) groups is 1. The predicted molar refractivity (Wildman–Crippen MR) is 142 cm³/mol. The molecule has 0 aliphatic carbocycles. The summed E-state index contributed by atoms with van der Waals surface area (Å²) in [6.45, 7) is 11.2. The molecule has 6 nitrogen and oxygen atoms in total. The topological polar surface area (TPSA) is 58.4 Å². The lowest BCUT2D eigenvalue weighted by molar-refractivity contribution is 0.0361. The SMILES string of the molecule is CCCCc1ccc(C(=O)N2CCN(C(CC)c3nc4ccccc4c(=O)n3CC)CC2C)cc1. The van der Waals surface area contributed by atoms with E-state index in [1.807, 2.05) is 52.8 Å². The lowest BCUT2D eigenvalue weighted by Gasteiger charge is -2.43. The molecule has 0 radical (unpaired) electrons. The van der Waals surface area contributed by atoms with E-state index >= 15 is 0 Å². The van der Waals surface area contributed by atoms with E-state index in [1.54, 1.807) is 0 Å². The lowest BCUT2D eigenvalue weighted by atomic mass is 10.0. The van der Waals surface area contributed by atoms with Crippen LogP contribution in [0.3, 0.4) is 0 Å². The summed E-state index contributed by atoms with van der Waals surface area (Å²) in [5.74, 6) is 0.926. The quantitative estimate of drug-likeness (QED) is 0.458. The maximum Gasteiger partial charge on any atom is 0.261 e. The first-order valence-corrected chi connectivity index (χ1v) is 13.1. The molecular formula is C29H38N4O2. The van der Waals surface area contributed by atoms with E-state index in [0.29, 0.717) is 18.5 Å². The summed E-state index contributed by atoms with van der Waals surface area (Å²) < 4.78 is 1.82. The first-order chi connectivity index (χ1) is 17.0. The molecule has 1 amide bonds. The van der Waals surface area contributed by atoms with Crippen LogP contribution in [0.25, 0.3) is 10.9 Å². The van der Waals surface area contributed by atoms with Crippen LogP contribution >= 0.6 is 0 Å². The second-order valence-corrected chi connectivity index (χ2v) is 9.60. The highest BCUT2D eigenvalue weighted by Gasteiger charge is 2.33. The molecule has 6 heteroatoms. The van der Waals surface area contributed by atoms with Gasteiger partial charge in [-0.3, -0.25) is 19.1 Å². The van der Waals surface area contributed by atoms with E-state index in [4.69, 9.17) is 4.98 Å². The standard InChI is InChI=1S/C29H38N4O2/c1-5-8-11-22-14-16-23(17-15-22)28(34)33-19-18-31(20-21(33)4)26(6-2)27-30-25-13-10-9-12-24(25)29(35)32(27)7-3/h9-10,12-17,21,26H,5-8,11,18-20H2,1-4H3. The van der Waals surface area contributed by atoms with E-state index in [9.17, 15) is 9.59 Å². The Bertz CT molecular complexity index is 1220. The van der Waals surface area contributed by atoms with Gasteiger partial charge in [0.05, 0.1) is 16.9 Å². The molecule has 1 aliphatic heterocycles. The summed E-state index contributed by atoms with van der Waals surface area (Å²) in [6, 6.07) is 15.8. The maximum atomic E-state index is 13.3. The average molecular weight is 475 g/mol. The molecule has 186 valence electrons. The molecule has 1 aliphatic rings. The Kier molecular flexibility index (Phi) is 8.01. The van der Waals surface area contributed by atoms with Crippen LogP contribution in [0.4, 0.5) is 0 Å². The zero-order chi connectivity index (χ0) is 24.9. The number of aromatic nitrogens is 2. The number of aryl methyl sites for hydroxylation is 1. The first kappa shape index (κ1) is 25.1.